The molecule has 0 atom stereocenters. The van der Waals surface area contributed by atoms with Gasteiger partial charge in [-0.1, -0.05) is 13.8 Å². The van der Waals surface area contributed by atoms with E-state index in [9.17, 15) is 5.11 Å². The Bertz CT molecular complexity index is 434. The van der Waals surface area contributed by atoms with Crippen LogP contribution in [0.3, 0.4) is 0 Å². The van der Waals surface area contributed by atoms with Crippen molar-refractivity contribution in [1.29, 1.82) is 0 Å². The van der Waals surface area contributed by atoms with E-state index in [1.165, 1.54) is 11.1 Å². The van der Waals surface area contributed by atoms with Gasteiger partial charge in [-0.05, 0) is 42.0 Å². The summed E-state index contributed by atoms with van der Waals surface area (Å²) in [6, 6.07) is 4.04. The summed E-state index contributed by atoms with van der Waals surface area (Å²) in [5, 5.41) is 10.1. The topological polar surface area (TPSA) is 38.7 Å². The first-order valence-electron chi connectivity index (χ1n) is 6.46. The van der Waals surface area contributed by atoms with E-state index in [1.807, 2.05) is 12.1 Å². The van der Waals surface area contributed by atoms with Gasteiger partial charge in [0.1, 0.15) is 0 Å². The molecule has 1 aliphatic rings. The van der Waals surface area contributed by atoms with E-state index in [1.54, 1.807) is 14.2 Å². The summed E-state index contributed by atoms with van der Waals surface area (Å²) in [7, 11) is 3.29. The maximum Gasteiger partial charge on any atom is 0.161 e. The Morgan fingerprint density at radius 1 is 1.17 bits per heavy atom. The van der Waals surface area contributed by atoms with Gasteiger partial charge in [0.05, 0.1) is 19.8 Å². The highest BCUT2D eigenvalue weighted by Crippen LogP contribution is 2.42. The zero-order valence-corrected chi connectivity index (χ0v) is 11.6. The molecule has 1 aromatic carbocycles. The molecule has 0 spiro atoms. The van der Waals surface area contributed by atoms with Crippen molar-refractivity contribution in [2.45, 2.75) is 44.6 Å². The molecule has 0 aliphatic heterocycles. The van der Waals surface area contributed by atoms with E-state index < -0.39 is 5.60 Å². The molecule has 1 aromatic rings. The van der Waals surface area contributed by atoms with Crippen LogP contribution in [0.15, 0.2) is 12.1 Å². The fourth-order valence-electron chi connectivity index (χ4n) is 2.30. The van der Waals surface area contributed by atoms with Crippen molar-refractivity contribution in [2.75, 3.05) is 14.2 Å². The van der Waals surface area contributed by atoms with Gasteiger partial charge < -0.3 is 14.6 Å². The van der Waals surface area contributed by atoms with Crippen molar-refractivity contribution < 1.29 is 14.6 Å². The Morgan fingerprint density at radius 3 is 2.17 bits per heavy atom. The number of hydrogen-bond donors (Lipinski definition) is 1. The third-order valence-electron chi connectivity index (χ3n) is 3.61. The summed E-state index contributed by atoms with van der Waals surface area (Å²) in [5.74, 6) is 1.90. The minimum atomic E-state index is -0.483. The second-order valence-electron chi connectivity index (χ2n) is 5.46. The van der Waals surface area contributed by atoms with Crippen LogP contribution in [0.25, 0.3) is 0 Å². The molecule has 0 saturated heterocycles. The van der Waals surface area contributed by atoms with Crippen LogP contribution in [0, 0.1) is 0 Å². The van der Waals surface area contributed by atoms with Crippen LogP contribution in [0.1, 0.15) is 43.7 Å². The number of methoxy groups -OCH3 is 2. The molecule has 100 valence electrons. The average Bonchev–Trinajstić information content (AvgIpc) is 3.05. The van der Waals surface area contributed by atoms with E-state index in [-0.39, 0.29) is 0 Å². The van der Waals surface area contributed by atoms with E-state index >= 15 is 0 Å². The summed E-state index contributed by atoms with van der Waals surface area (Å²) in [6.07, 6.45) is 2.51. The van der Waals surface area contributed by atoms with Crippen LogP contribution >= 0.6 is 0 Å². The fourth-order valence-corrected chi connectivity index (χ4v) is 2.30. The summed E-state index contributed by atoms with van der Waals surface area (Å²) in [6.45, 7) is 4.31. The standard InChI is InChI=1S/C15H22O3/c1-10(2)12-8-14(18-4)13(17-3)7-11(12)9-15(16)5-6-15/h7-8,10,16H,5-6,9H2,1-4H3. The largest absolute Gasteiger partial charge is 0.493 e. The molecule has 1 fully saturated rings. The van der Waals surface area contributed by atoms with Crippen LogP contribution in [0.5, 0.6) is 11.5 Å². The molecular weight excluding hydrogens is 228 g/mol. The van der Waals surface area contributed by atoms with E-state index in [0.717, 1.165) is 24.3 Å². The predicted molar refractivity (Wildman–Crippen MR) is 71.5 cm³/mol. The Morgan fingerprint density at radius 2 is 1.72 bits per heavy atom. The number of hydrogen-bond acceptors (Lipinski definition) is 3. The molecule has 0 heterocycles. The third-order valence-corrected chi connectivity index (χ3v) is 3.61. The number of aliphatic hydroxyl groups is 1. The lowest BCUT2D eigenvalue weighted by atomic mass is 9.92. The quantitative estimate of drug-likeness (QED) is 0.873. The maximum absolute atomic E-state index is 10.1. The molecule has 3 heteroatoms. The van der Waals surface area contributed by atoms with Gasteiger partial charge in [0.15, 0.2) is 11.5 Å². The normalized spacial score (nSPS) is 16.8. The molecule has 0 aromatic heterocycles. The molecule has 0 bridgehead atoms. The van der Waals surface area contributed by atoms with Gasteiger partial charge in [-0.15, -0.1) is 0 Å². The maximum atomic E-state index is 10.1. The molecule has 18 heavy (non-hydrogen) atoms. The lowest BCUT2D eigenvalue weighted by Gasteiger charge is -2.19. The van der Waals surface area contributed by atoms with Gasteiger partial charge in [0.25, 0.3) is 0 Å². The molecule has 3 nitrogen and oxygen atoms in total. The zero-order chi connectivity index (χ0) is 13.3. The Balaban J connectivity index is 2.41. The highest BCUT2D eigenvalue weighted by Gasteiger charge is 2.40. The lowest BCUT2D eigenvalue weighted by Crippen LogP contribution is -2.13. The van der Waals surface area contributed by atoms with E-state index in [2.05, 4.69) is 13.8 Å². The number of benzene rings is 1. The molecule has 1 N–H and O–H groups in total. The average molecular weight is 250 g/mol. The monoisotopic (exact) mass is 250 g/mol. The highest BCUT2D eigenvalue weighted by molar-refractivity contribution is 5.49. The predicted octanol–water partition coefficient (Wildman–Crippen LogP) is 2.89. The smallest absolute Gasteiger partial charge is 0.161 e. The second kappa shape index (κ2) is 4.81. The van der Waals surface area contributed by atoms with Crippen molar-refractivity contribution >= 4 is 0 Å². The lowest BCUT2D eigenvalue weighted by molar-refractivity contribution is 0.150. The van der Waals surface area contributed by atoms with Crippen LogP contribution in [-0.4, -0.2) is 24.9 Å². The molecule has 0 amide bonds. The summed E-state index contributed by atoms with van der Waals surface area (Å²) < 4.78 is 10.7. The summed E-state index contributed by atoms with van der Waals surface area (Å²) >= 11 is 0. The fraction of sp³-hybridized carbons (Fsp3) is 0.600. The van der Waals surface area contributed by atoms with Gasteiger partial charge in [0.2, 0.25) is 0 Å². The Labute approximate surface area is 109 Å². The summed E-state index contributed by atoms with van der Waals surface area (Å²) in [4.78, 5) is 0. The first kappa shape index (κ1) is 13.2. The van der Waals surface area contributed by atoms with Crippen LogP contribution in [0.2, 0.25) is 0 Å². The minimum absolute atomic E-state index is 0.405. The molecular formula is C15H22O3. The zero-order valence-electron chi connectivity index (χ0n) is 11.6. The van der Waals surface area contributed by atoms with Crippen molar-refractivity contribution in [3.63, 3.8) is 0 Å². The van der Waals surface area contributed by atoms with Gasteiger partial charge in [-0.3, -0.25) is 0 Å². The van der Waals surface area contributed by atoms with Gasteiger partial charge >= 0.3 is 0 Å². The SMILES string of the molecule is COc1cc(CC2(O)CC2)c(C(C)C)cc1OC. The number of ether oxygens (including phenoxy) is 2. The van der Waals surface area contributed by atoms with Gasteiger partial charge in [-0.2, -0.15) is 0 Å². The first-order chi connectivity index (χ1) is 8.49. The summed E-state index contributed by atoms with van der Waals surface area (Å²) in [5.41, 5.74) is 1.92. The third kappa shape index (κ3) is 2.61. The first-order valence-corrected chi connectivity index (χ1v) is 6.46. The molecule has 0 radical (unpaired) electrons. The van der Waals surface area contributed by atoms with Crippen molar-refractivity contribution in [1.82, 2.24) is 0 Å². The minimum Gasteiger partial charge on any atom is -0.493 e. The van der Waals surface area contributed by atoms with Crippen molar-refractivity contribution in [2.24, 2.45) is 0 Å². The molecule has 2 rings (SSSR count). The van der Waals surface area contributed by atoms with Crippen LogP contribution < -0.4 is 9.47 Å². The van der Waals surface area contributed by atoms with Crippen LogP contribution in [-0.2, 0) is 6.42 Å². The van der Waals surface area contributed by atoms with Crippen molar-refractivity contribution in [3.8, 4) is 11.5 Å². The van der Waals surface area contributed by atoms with E-state index in [4.69, 9.17) is 9.47 Å². The Hall–Kier alpha value is -1.22. The molecule has 1 aliphatic carbocycles. The van der Waals surface area contributed by atoms with Gasteiger partial charge in [0, 0.05) is 6.42 Å². The molecule has 1 saturated carbocycles. The number of rotatable bonds is 5. The van der Waals surface area contributed by atoms with Crippen LogP contribution in [0.4, 0.5) is 0 Å². The Kier molecular flexibility index (Phi) is 3.53. The highest BCUT2D eigenvalue weighted by atomic mass is 16.5. The van der Waals surface area contributed by atoms with E-state index in [0.29, 0.717) is 12.3 Å². The van der Waals surface area contributed by atoms with Gasteiger partial charge in [-0.25, -0.2) is 0 Å². The van der Waals surface area contributed by atoms with Crippen molar-refractivity contribution in [3.05, 3.63) is 23.3 Å². The molecule has 0 unspecified atom stereocenters. The second-order valence-corrected chi connectivity index (χ2v) is 5.46.